The fourth-order valence-corrected chi connectivity index (χ4v) is 1.78. The van der Waals surface area contributed by atoms with Crippen LogP contribution in [0.5, 0.6) is 5.75 Å². The molecule has 0 aromatic heterocycles. The fourth-order valence-electron chi connectivity index (χ4n) is 1.78. The third-order valence-corrected chi connectivity index (χ3v) is 3.16. The lowest BCUT2D eigenvalue weighted by molar-refractivity contribution is -0.140. The monoisotopic (exact) mass is 279 g/mol. The standard InChI is InChI=1S/C14H17NO5/c1-19-7-8-20-11-4-2-3-10(9-11)12(16)15-14(5-6-14)13(17)18/h2-4,9H,5-8H2,1H3,(H,15,16)(H,17,18). The van der Waals surface area contributed by atoms with Gasteiger partial charge in [-0.3, -0.25) is 4.79 Å². The maximum Gasteiger partial charge on any atom is 0.329 e. The summed E-state index contributed by atoms with van der Waals surface area (Å²) in [5.41, 5.74) is -0.697. The van der Waals surface area contributed by atoms with E-state index in [2.05, 4.69) is 5.32 Å². The highest BCUT2D eigenvalue weighted by Gasteiger charge is 2.51. The second-order valence-corrected chi connectivity index (χ2v) is 4.71. The van der Waals surface area contributed by atoms with Gasteiger partial charge in [0.05, 0.1) is 6.61 Å². The lowest BCUT2D eigenvalue weighted by atomic mass is 10.1. The first-order chi connectivity index (χ1) is 9.57. The Balaban J connectivity index is 1.99. The molecule has 6 heteroatoms. The predicted octanol–water partition coefficient (Wildman–Crippen LogP) is 1.06. The largest absolute Gasteiger partial charge is 0.491 e. The Bertz CT molecular complexity index is 510. The van der Waals surface area contributed by atoms with Gasteiger partial charge < -0.3 is 19.9 Å². The first-order valence-electron chi connectivity index (χ1n) is 6.35. The van der Waals surface area contributed by atoms with Crippen molar-refractivity contribution in [2.75, 3.05) is 20.3 Å². The van der Waals surface area contributed by atoms with Crippen LogP contribution >= 0.6 is 0 Å². The van der Waals surface area contributed by atoms with Crippen LogP contribution in [0.2, 0.25) is 0 Å². The molecule has 1 aliphatic carbocycles. The van der Waals surface area contributed by atoms with Gasteiger partial charge in [0.15, 0.2) is 0 Å². The number of rotatable bonds is 7. The highest BCUT2D eigenvalue weighted by molar-refractivity contribution is 5.99. The summed E-state index contributed by atoms with van der Waals surface area (Å²) in [7, 11) is 1.58. The van der Waals surface area contributed by atoms with E-state index in [-0.39, 0.29) is 0 Å². The topological polar surface area (TPSA) is 84.9 Å². The molecule has 0 heterocycles. The Morgan fingerprint density at radius 3 is 2.70 bits per heavy atom. The molecule has 0 aliphatic heterocycles. The number of hydrogen-bond donors (Lipinski definition) is 2. The Hall–Kier alpha value is -2.08. The van der Waals surface area contributed by atoms with Gasteiger partial charge in [-0.05, 0) is 31.0 Å². The molecule has 1 fully saturated rings. The second-order valence-electron chi connectivity index (χ2n) is 4.71. The summed E-state index contributed by atoms with van der Waals surface area (Å²) in [5.74, 6) is -0.838. The molecule has 1 aromatic rings. The number of amides is 1. The molecule has 1 saturated carbocycles. The van der Waals surface area contributed by atoms with Crippen LogP contribution < -0.4 is 10.1 Å². The molecule has 2 rings (SSSR count). The van der Waals surface area contributed by atoms with E-state index in [0.29, 0.717) is 37.4 Å². The number of carbonyl (C=O) groups is 2. The van der Waals surface area contributed by atoms with Crippen LogP contribution in [-0.4, -0.2) is 42.8 Å². The van der Waals surface area contributed by atoms with Crippen LogP contribution in [0.15, 0.2) is 24.3 Å². The van der Waals surface area contributed by atoms with Gasteiger partial charge in [-0.25, -0.2) is 4.79 Å². The molecular formula is C14H17NO5. The molecule has 108 valence electrons. The highest BCUT2D eigenvalue weighted by atomic mass is 16.5. The van der Waals surface area contributed by atoms with E-state index in [4.69, 9.17) is 14.6 Å². The van der Waals surface area contributed by atoms with E-state index in [9.17, 15) is 9.59 Å². The van der Waals surface area contributed by atoms with E-state index in [1.165, 1.54) is 0 Å². The minimum absolute atomic E-state index is 0.382. The zero-order chi connectivity index (χ0) is 14.6. The molecule has 0 spiro atoms. The van der Waals surface area contributed by atoms with Crippen LogP contribution in [0.25, 0.3) is 0 Å². The lowest BCUT2D eigenvalue weighted by Crippen LogP contribution is -2.43. The van der Waals surface area contributed by atoms with Crippen LogP contribution in [0.1, 0.15) is 23.2 Å². The van der Waals surface area contributed by atoms with Crippen LogP contribution in [-0.2, 0) is 9.53 Å². The van der Waals surface area contributed by atoms with E-state index >= 15 is 0 Å². The molecular weight excluding hydrogens is 262 g/mol. The molecule has 20 heavy (non-hydrogen) atoms. The minimum Gasteiger partial charge on any atom is -0.491 e. The number of aliphatic carboxylic acids is 1. The van der Waals surface area contributed by atoms with Crippen LogP contribution in [0.3, 0.4) is 0 Å². The Morgan fingerprint density at radius 2 is 2.10 bits per heavy atom. The van der Waals surface area contributed by atoms with Gasteiger partial charge in [-0.2, -0.15) is 0 Å². The van der Waals surface area contributed by atoms with Crippen molar-refractivity contribution in [1.29, 1.82) is 0 Å². The Morgan fingerprint density at radius 1 is 1.35 bits per heavy atom. The maximum absolute atomic E-state index is 12.0. The lowest BCUT2D eigenvalue weighted by Gasteiger charge is -2.13. The Labute approximate surface area is 116 Å². The van der Waals surface area contributed by atoms with Crippen molar-refractivity contribution in [3.05, 3.63) is 29.8 Å². The number of carbonyl (C=O) groups excluding carboxylic acids is 1. The van der Waals surface area contributed by atoms with Crippen LogP contribution in [0.4, 0.5) is 0 Å². The smallest absolute Gasteiger partial charge is 0.329 e. The molecule has 2 N–H and O–H groups in total. The third kappa shape index (κ3) is 3.27. The molecule has 0 saturated heterocycles. The number of carboxylic acids is 1. The summed E-state index contributed by atoms with van der Waals surface area (Å²) < 4.78 is 10.3. The van der Waals surface area contributed by atoms with Crippen molar-refractivity contribution < 1.29 is 24.2 Å². The number of ether oxygens (including phenoxy) is 2. The summed E-state index contributed by atoms with van der Waals surface area (Å²) in [4.78, 5) is 23.1. The first-order valence-corrected chi connectivity index (χ1v) is 6.35. The third-order valence-electron chi connectivity index (χ3n) is 3.16. The van der Waals surface area contributed by atoms with Crippen molar-refractivity contribution in [3.8, 4) is 5.75 Å². The quantitative estimate of drug-likeness (QED) is 0.729. The average Bonchev–Trinajstić information content (AvgIpc) is 3.20. The van der Waals surface area contributed by atoms with Gasteiger partial charge in [0.1, 0.15) is 17.9 Å². The van der Waals surface area contributed by atoms with E-state index in [1.54, 1.807) is 31.4 Å². The number of nitrogens with one attached hydrogen (secondary N) is 1. The number of carboxylic acid groups (broad SMARTS) is 1. The summed E-state index contributed by atoms with van der Waals surface area (Å²) in [6, 6.07) is 6.63. The van der Waals surface area contributed by atoms with Gasteiger partial charge in [0.2, 0.25) is 0 Å². The van der Waals surface area contributed by atoms with Crippen molar-refractivity contribution in [2.45, 2.75) is 18.4 Å². The molecule has 0 atom stereocenters. The number of benzene rings is 1. The van der Waals surface area contributed by atoms with Crippen molar-refractivity contribution >= 4 is 11.9 Å². The second kappa shape index (κ2) is 5.92. The first kappa shape index (κ1) is 14.3. The summed E-state index contributed by atoms with van der Waals surface area (Å²) >= 11 is 0. The highest BCUT2D eigenvalue weighted by Crippen LogP contribution is 2.35. The molecule has 1 aromatic carbocycles. The molecule has 0 unspecified atom stereocenters. The molecule has 1 amide bonds. The maximum atomic E-state index is 12.0. The van der Waals surface area contributed by atoms with E-state index in [0.717, 1.165) is 0 Å². The fraction of sp³-hybridized carbons (Fsp3) is 0.429. The van der Waals surface area contributed by atoms with Gasteiger partial charge >= 0.3 is 5.97 Å². The predicted molar refractivity (Wildman–Crippen MR) is 70.9 cm³/mol. The number of methoxy groups -OCH3 is 1. The van der Waals surface area contributed by atoms with Crippen LogP contribution in [0, 0.1) is 0 Å². The summed E-state index contributed by atoms with van der Waals surface area (Å²) in [6.07, 6.45) is 0.941. The minimum atomic E-state index is -1.08. The normalized spacial score (nSPS) is 15.4. The molecule has 0 radical (unpaired) electrons. The van der Waals surface area contributed by atoms with E-state index < -0.39 is 17.4 Å². The van der Waals surface area contributed by atoms with E-state index in [1.807, 2.05) is 0 Å². The Kier molecular flexibility index (Phi) is 4.24. The van der Waals surface area contributed by atoms with Gasteiger partial charge in [0, 0.05) is 12.7 Å². The molecule has 1 aliphatic rings. The molecule has 0 bridgehead atoms. The molecule has 6 nitrogen and oxygen atoms in total. The SMILES string of the molecule is COCCOc1cccc(C(=O)NC2(C(=O)O)CC2)c1. The zero-order valence-corrected chi connectivity index (χ0v) is 11.2. The van der Waals surface area contributed by atoms with Crippen molar-refractivity contribution in [3.63, 3.8) is 0 Å². The van der Waals surface area contributed by atoms with Crippen molar-refractivity contribution in [1.82, 2.24) is 5.32 Å². The van der Waals surface area contributed by atoms with Gasteiger partial charge in [-0.15, -0.1) is 0 Å². The summed E-state index contributed by atoms with van der Waals surface area (Å²) in [5, 5.41) is 11.6. The average molecular weight is 279 g/mol. The number of hydrogen-bond acceptors (Lipinski definition) is 4. The van der Waals surface area contributed by atoms with Gasteiger partial charge in [0.25, 0.3) is 5.91 Å². The van der Waals surface area contributed by atoms with Gasteiger partial charge in [-0.1, -0.05) is 6.07 Å². The summed E-state index contributed by atoms with van der Waals surface area (Å²) in [6.45, 7) is 0.846. The van der Waals surface area contributed by atoms with Crippen molar-refractivity contribution in [2.24, 2.45) is 0 Å². The zero-order valence-electron chi connectivity index (χ0n) is 11.2.